The molecule has 1 saturated heterocycles. The van der Waals surface area contributed by atoms with Gasteiger partial charge in [-0.15, -0.1) is 11.6 Å². The Bertz CT molecular complexity index is 1120. The number of halogens is 3. The summed E-state index contributed by atoms with van der Waals surface area (Å²) in [5.74, 6) is -1.05. The van der Waals surface area contributed by atoms with Crippen LogP contribution < -0.4 is 20.1 Å². The molecule has 0 radical (unpaired) electrons. The van der Waals surface area contributed by atoms with E-state index >= 15 is 0 Å². The quantitative estimate of drug-likeness (QED) is 0.567. The molecule has 0 aromatic heterocycles. The van der Waals surface area contributed by atoms with E-state index in [1.54, 1.807) is 14.2 Å². The molecule has 1 heterocycles. The molecule has 2 fully saturated rings. The fourth-order valence-corrected chi connectivity index (χ4v) is 5.62. The maximum Gasteiger partial charge on any atom is 0.319 e. The first-order chi connectivity index (χ1) is 16.8. The predicted molar refractivity (Wildman–Crippen MR) is 128 cm³/mol. The Balaban J connectivity index is 1.55. The van der Waals surface area contributed by atoms with E-state index in [0.717, 1.165) is 30.5 Å². The molecule has 4 rings (SSSR count). The smallest absolute Gasteiger partial charge is 0.319 e. The molecule has 2 aliphatic rings. The molecule has 3 amide bonds. The fraction of sp³-hybridized carbons (Fsp3) is 0.440. The number of carbonyl (C=O) groups is 2. The maximum atomic E-state index is 13.5. The number of nitrogens with zero attached hydrogens (tertiary/aromatic N) is 1. The van der Waals surface area contributed by atoms with Gasteiger partial charge in [0.1, 0.15) is 5.88 Å². The molecule has 35 heavy (non-hydrogen) atoms. The van der Waals surface area contributed by atoms with E-state index in [-0.39, 0.29) is 35.0 Å². The summed E-state index contributed by atoms with van der Waals surface area (Å²) in [6.45, 7) is 0.568. The van der Waals surface area contributed by atoms with Crippen LogP contribution in [0.1, 0.15) is 31.2 Å². The van der Waals surface area contributed by atoms with Gasteiger partial charge in [-0.25, -0.2) is 13.6 Å². The third-order valence-corrected chi connectivity index (χ3v) is 7.39. The molecule has 3 unspecified atom stereocenters. The molecular weight excluding hydrogens is 480 g/mol. The molecule has 1 aliphatic heterocycles. The number of urea groups is 1. The number of amides is 3. The number of hydrogen-bond donors (Lipinski definition) is 2. The number of likely N-dealkylation sites (tertiary alicyclic amines) is 1. The average molecular weight is 508 g/mol. The Hall–Kier alpha value is -3.07. The molecular formula is C25H28ClF2N3O4. The molecule has 188 valence electrons. The topological polar surface area (TPSA) is 79.9 Å². The molecule has 10 heteroatoms. The number of fused-ring (bicyclic) bond motifs is 1. The van der Waals surface area contributed by atoms with Crippen molar-refractivity contribution in [2.24, 2.45) is 0 Å². The number of rotatable bonds is 6. The zero-order valence-electron chi connectivity index (χ0n) is 19.6. The summed E-state index contributed by atoms with van der Waals surface area (Å²) in [5, 5.41) is 5.46. The lowest BCUT2D eigenvalue weighted by atomic mass is 9.65. The highest BCUT2D eigenvalue weighted by molar-refractivity contribution is 6.27. The minimum Gasteiger partial charge on any atom is -0.493 e. The molecule has 2 aromatic carbocycles. The van der Waals surface area contributed by atoms with Crippen LogP contribution in [-0.4, -0.2) is 55.6 Å². The van der Waals surface area contributed by atoms with E-state index in [1.165, 1.54) is 6.07 Å². The number of hydrogen-bond acceptors (Lipinski definition) is 4. The Labute approximate surface area is 207 Å². The molecule has 2 aromatic rings. The number of ether oxygens (including phenoxy) is 2. The van der Waals surface area contributed by atoms with Crippen LogP contribution in [0.2, 0.25) is 0 Å². The summed E-state index contributed by atoms with van der Waals surface area (Å²) in [6.07, 6.45) is 2.71. The zero-order chi connectivity index (χ0) is 25.2. The van der Waals surface area contributed by atoms with E-state index in [9.17, 15) is 18.4 Å². The first-order valence-electron chi connectivity index (χ1n) is 11.4. The molecule has 7 nitrogen and oxygen atoms in total. The minimum atomic E-state index is -1.04. The number of benzene rings is 2. The average Bonchev–Trinajstić information content (AvgIpc) is 3.25. The van der Waals surface area contributed by atoms with Gasteiger partial charge >= 0.3 is 6.03 Å². The second-order valence-corrected chi connectivity index (χ2v) is 9.18. The van der Waals surface area contributed by atoms with Crippen LogP contribution in [0.4, 0.5) is 19.3 Å². The van der Waals surface area contributed by atoms with Crippen molar-refractivity contribution in [3.8, 4) is 11.5 Å². The Morgan fingerprint density at radius 3 is 2.54 bits per heavy atom. The normalized spacial score (nSPS) is 23.4. The number of methoxy groups -OCH3 is 2. The number of anilines is 1. The van der Waals surface area contributed by atoms with Crippen molar-refractivity contribution in [2.45, 2.75) is 43.2 Å². The SMILES string of the molecule is COc1ccc(C23CCC(NC(=O)Nc4ccc(F)c(F)c4)CC2N(C(=O)CCl)CC3)cc1OC. The lowest BCUT2D eigenvalue weighted by Gasteiger charge is -2.45. The lowest BCUT2D eigenvalue weighted by Crippen LogP contribution is -2.54. The second-order valence-electron chi connectivity index (χ2n) is 8.91. The van der Waals surface area contributed by atoms with Gasteiger partial charge in [-0.05, 0) is 55.5 Å². The summed E-state index contributed by atoms with van der Waals surface area (Å²) in [6, 6.07) is 8.10. The van der Waals surface area contributed by atoms with E-state index in [4.69, 9.17) is 21.1 Å². The predicted octanol–water partition coefficient (Wildman–Crippen LogP) is 4.43. The van der Waals surface area contributed by atoms with Crippen molar-refractivity contribution >= 4 is 29.2 Å². The van der Waals surface area contributed by atoms with Crippen LogP contribution in [0, 0.1) is 11.6 Å². The summed E-state index contributed by atoms with van der Waals surface area (Å²) >= 11 is 5.91. The number of nitrogens with one attached hydrogen (secondary N) is 2. The van der Waals surface area contributed by atoms with Crippen molar-refractivity contribution in [1.82, 2.24) is 10.2 Å². The summed E-state index contributed by atoms with van der Waals surface area (Å²) in [4.78, 5) is 27.1. The van der Waals surface area contributed by atoms with Gasteiger partial charge in [-0.1, -0.05) is 6.07 Å². The Kier molecular flexibility index (Phi) is 7.35. The molecule has 0 spiro atoms. The van der Waals surface area contributed by atoms with Crippen LogP contribution in [0.3, 0.4) is 0 Å². The van der Waals surface area contributed by atoms with Crippen LogP contribution in [0.25, 0.3) is 0 Å². The highest BCUT2D eigenvalue weighted by Gasteiger charge is 2.53. The van der Waals surface area contributed by atoms with Gasteiger partial charge in [-0.3, -0.25) is 4.79 Å². The maximum absolute atomic E-state index is 13.5. The van der Waals surface area contributed by atoms with Gasteiger partial charge in [0.2, 0.25) is 5.91 Å². The number of carbonyl (C=O) groups excluding carboxylic acids is 2. The third-order valence-electron chi connectivity index (χ3n) is 7.17. The fourth-order valence-electron chi connectivity index (χ4n) is 5.46. The van der Waals surface area contributed by atoms with Crippen molar-refractivity contribution < 1.29 is 27.8 Å². The first kappa shape index (κ1) is 25.0. The molecule has 0 bridgehead atoms. The van der Waals surface area contributed by atoms with Crippen LogP contribution in [0.5, 0.6) is 11.5 Å². The van der Waals surface area contributed by atoms with Gasteiger partial charge in [-0.2, -0.15) is 0 Å². The van der Waals surface area contributed by atoms with E-state index in [2.05, 4.69) is 10.6 Å². The van der Waals surface area contributed by atoms with Gasteiger partial charge in [0.05, 0.1) is 14.2 Å². The van der Waals surface area contributed by atoms with Crippen LogP contribution in [0.15, 0.2) is 36.4 Å². The van der Waals surface area contributed by atoms with Crippen molar-refractivity contribution in [3.05, 3.63) is 53.6 Å². The molecule has 1 aliphatic carbocycles. The monoisotopic (exact) mass is 507 g/mol. The largest absolute Gasteiger partial charge is 0.493 e. The summed E-state index contributed by atoms with van der Waals surface area (Å²) < 4.78 is 37.5. The van der Waals surface area contributed by atoms with Crippen molar-refractivity contribution in [2.75, 3.05) is 32.0 Å². The van der Waals surface area contributed by atoms with E-state index < -0.39 is 17.7 Å². The highest BCUT2D eigenvalue weighted by atomic mass is 35.5. The third kappa shape index (κ3) is 4.87. The van der Waals surface area contributed by atoms with Crippen molar-refractivity contribution in [1.29, 1.82) is 0 Å². The van der Waals surface area contributed by atoms with E-state index in [1.807, 2.05) is 23.1 Å². The van der Waals surface area contributed by atoms with Gasteiger partial charge < -0.3 is 25.0 Å². The Morgan fingerprint density at radius 2 is 1.86 bits per heavy atom. The summed E-state index contributed by atoms with van der Waals surface area (Å²) in [5.41, 5.74) is 0.891. The van der Waals surface area contributed by atoms with Gasteiger partial charge in [0.15, 0.2) is 23.1 Å². The van der Waals surface area contributed by atoms with Gasteiger partial charge in [0.25, 0.3) is 0 Å². The lowest BCUT2D eigenvalue weighted by molar-refractivity contribution is -0.130. The molecule has 1 saturated carbocycles. The van der Waals surface area contributed by atoms with E-state index in [0.29, 0.717) is 30.9 Å². The summed E-state index contributed by atoms with van der Waals surface area (Å²) in [7, 11) is 3.17. The molecule has 3 atom stereocenters. The molecule has 2 N–H and O–H groups in total. The number of alkyl halides is 1. The van der Waals surface area contributed by atoms with Gasteiger partial charge in [0, 0.05) is 35.8 Å². The van der Waals surface area contributed by atoms with Crippen LogP contribution in [-0.2, 0) is 10.2 Å². The highest BCUT2D eigenvalue weighted by Crippen LogP contribution is 2.50. The second kappa shape index (κ2) is 10.3. The Morgan fingerprint density at radius 1 is 1.09 bits per heavy atom. The minimum absolute atomic E-state index is 0.118. The zero-order valence-corrected chi connectivity index (χ0v) is 20.3. The van der Waals surface area contributed by atoms with Crippen LogP contribution >= 0.6 is 11.6 Å². The first-order valence-corrected chi connectivity index (χ1v) is 11.9. The van der Waals surface area contributed by atoms with Crippen molar-refractivity contribution in [3.63, 3.8) is 0 Å². The standard InChI is InChI=1S/C25H28ClF2N3O4/c1-34-20-6-3-15(11-21(20)35-2)25-8-7-17(13-22(25)31(10-9-25)23(32)14-26)30-24(33)29-16-4-5-18(27)19(28)12-16/h3-6,11-12,17,22H,7-10,13-14H2,1-2H3,(H2,29,30,33).